The Kier molecular flexibility index (Phi) is 25.2. The molecular formula is C53H55BrF6N4. The summed E-state index contributed by atoms with van der Waals surface area (Å²) < 4.78 is 77.9. The average Bonchev–Trinajstić information content (AvgIpc) is 3.26. The molecule has 4 nitrogen and oxygen atoms in total. The predicted molar refractivity (Wildman–Crippen MR) is 263 cm³/mol. The molecule has 0 fully saturated rings. The number of hydrogen-bond acceptors (Lipinski definition) is 4. The van der Waals surface area contributed by atoms with E-state index in [-0.39, 0.29) is 62.4 Å². The van der Waals surface area contributed by atoms with Crippen LogP contribution in [-0.2, 0) is 0 Å². The summed E-state index contributed by atoms with van der Waals surface area (Å²) in [5.74, 6) is -2.18. The van der Waals surface area contributed by atoms with E-state index in [1.165, 1.54) is 65.0 Å². The molecule has 0 aliphatic rings. The highest BCUT2D eigenvalue weighted by Gasteiger charge is 2.05. The number of halogens is 7. The van der Waals surface area contributed by atoms with Crippen molar-refractivity contribution < 1.29 is 26.3 Å². The number of anilines is 7. The summed E-state index contributed by atoms with van der Waals surface area (Å²) in [4.78, 5) is 0. The lowest BCUT2D eigenvalue weighted by atomic mass is 10.1. The molecule has 0 aliphatic carbocycles. The van der Waals surface area contributed by atoms with Crippen LogP contribution in [0.15, 0.2) is 199 Å². The molecule has 8 rings (SSSR count). The van der Waals surface area contributed by atoms with E-state index >= 15 is 0 Å². The van der Waals surface area contributed by atoms with E-state index in [4.69, 9.17) is 5.73 Å². The van der Waals surface area contributed by atoms with Crippen LogP contribution in [0.2, 0.25) is 0 Å². The van der Waals surface area contributed by atoms with Gasteiger partial charge in [0.05, 0.1) is 32.9 Å². The highest BCUT2D eigenvalue weighted by Crippen LogP contribution is 2.24. The van der Waals surface area contributed by atoms with Crippen LogP contribution in [0.25, 0.3) is 0 Å². The van der Waals surface area contributed by atoms with Gasteiger partial charge in [-0.05, 0) is 126 Å². The Balaban J connectivity index is 0.000000405. The molecule has 64 heavy (non-hydrogen) atoms. The maximum absolute atomic E-state index is 13.2. The van der Waals surface area contributed by atoms with E-state index in [1.54, 1.807) is 103 Å². The van der Waals surface area contributed by atoms with E-state index in [0.29, 0.717) is 4.47 Å². The van der Waals surface area contributed by atoms with E-state index in [0.717, 1.165) is 0 Å². The topological polar surface area (TPSA) is 62.1 Å². The molecule has 0 radical (unpaired) electrons. The molecule has 0 bridgehead atoms. The van der Waals surface area contributed by atoms with Crippen LogP contribution in [0.5, 0.6) is 0 Å². The molecule has 0 unspecified atom stereocenters. The van der Waals surface area contributed by atoms with Crippen molar-refractivity contribution >= 4 is 55.7 Å². The number of hydrogen-bond donors (Lipinski definition) is 4. The number of nitrogens with two attached hydrogens (primary N) is 1. The first-order valence-corrected chi connectivity index (χ1v) is 19.5. The van der Waals surface area contributed by atoms with Crippen LogP contribution in [-0.4, -0.2) is 0 Å². The highest BCUT2D eigenvalue weighted by molar-refractivity contribution is 9.10. The minimum absolute atomic E-state index is 0. The summed E-state index contributed by atoms with van der Waals surface area (Å²) in [5, 5.41) is 8.82. The lowest BCUT2D eigenvalue weighted by molar-refractivity contribution is 0.621. The van der Waals surface area contributed by atoms with Gasteiger partial charge in [-0.3, -0.25) is 0 Å². The fourth-order valence-electron chi connectivity index (χ4n) is 5.03. The van der Waals surface area contributed by atoms with Gasteiger partial charge in [-0.15, -0.1) is 0 Å². The van der Waals surface area contributed by atoms with Crippen LogP contribution in [0, 0.1) is 48.8 Å². The largest absolute Gasteiger partial charge is 0.396 e. The Morgan fingerprint density at radius 2 is 0.547 bits per heavy atom. The monoisotopic (exact) mass is 940 g/mol. The van der Waals surface area contributed by atoms with Crippen molar-refractivity contribution in [3.63, 3.8) is 0 Å². The molecule has 8 aromatic carbocycles. The predicted octanol–water partition coefficient (Wildman–Crippen LogP) is 17.4. The van der Waals surface area contributed by atoms with E-state index in [1.807, 2.05) is 12.1 Å². The molecule has 0 aromatic heterocycles. The number of aryl methyl sites for hydroxylation is 2. The Bertz CT molecular complexity index is 2140. The molecule has 0 saturated heterocycles. The molecule has 0 spiro atoms. The maximum atomic E-state index is 13.2. The normalized spacial score (nSPS) is 9.33. The number of para-hydroxylation sites is 7. The molecule has 0 heterocycles. The lowest BCUT2D eigenvalue weighted by Gasteiger charge is -2.11. The van der Waals surface area contributed by atoms with Crippen molar-refractivity contribution in [1.29, 1.82) is 0 Å². The Morgan fingerprint density at radius 1 is 0.312 bits per heavy atom. The van der Waals surface area contributed by atoms with Crippen molar-refractivity contribution in [1.82, 2.24) is 0 Å². The zero-order chi connectivity index (χ0) is 44.0. The van der Waals surface area contributed by atoms with Gasteiger partial charge in [-0.2, -0.15) is 0 Å². The second-order valence-corrected chi connectivity index (χ2v) is 13.7. The minimum atomic E-state index is -0.402. The summed E-state index contributed by atoms with van der Waals surface area (Å²) in [5.41, 5.74) is 11.3. The van der Waals surface area contributed by atoms with E-state index in [9.17, 15) is 26.3 Å². The van der Waals surface area contributed by atoms with Gasteiger partial charge in [0, 0.05) is 11.4 Å². The molecule has 0 amide bonds. The first kappa shape index (κ1) is 55.0. The number of nitrogen functional groups attached to an aromatic ring is 1. The van der Waals surface area contributed by atoms with Gasteiger partial charge in [-0.25, -0.2) is 26.3 Å². The molecule has 0 saturated carbocycles. The summed E-state index contributed by atoms with van der Waals surface area (Å²) in [6, 6.07) is 53.9. The SMILES string of the molecule is C.C.C.Cc1ccccc1Nc1ccccc1C.Fc1ccccc1Br.Fc1ccccc1Nc1ccccc1F.Fc1ccccc1Nc1ccccc1F.Nc1ccccc1F. The van der Waals surface area contributed by atoms with Crippen LogP contribution in [0.4, 0.5) is 66.2 Å². The lowest BCUT2D eigenvalue weighted by Crippen LogP contribution is -1.95. The van der Waals surface area contributed by atoms with E-state index < -0.39 is 23.3 Å². The minimum Gasteiger partial charge on any atom is -0.396 e. The fraction of sp³-hybridized carbons (Fsp3) is 0.0943. The van der Waals surface area contributed by atoms with Crippen LogP contribution < -0.4 is 21.7 Å². The van der Waals surface area contributed by atoms with Gasteiger partial charge < -0.3 is 21.7 Å². The van der Waals surface area contributed by atoms with Crippen molar-refractivity contribution in [2.75, 3.05) is 21.7 Å². The van der Waals surface area contributed by atoms with Crippen molar-refractivity contribution in [3.05, 3.63) is 245 Å². The van der Waals surface area contributed by atoms with Crippen LogP contribution >= 0.6 is 15.9 Å². The molecule has 336 valence electrons. The van der Waals surface area contributed by atoms with E-state index in [2.05, 4.69) is 82.1 Å². The summed E-state index contributed by atoms with van der Waals surface area (Å²) in [6.07, 6.45) is 0. The van der Waals surface area contributed by atoms with Crippen molar-refractivity contribution in [2.45, 2.75) is 36.1 Å². The quantitative estimate of drug-likeness (QED) is 0.0991. The van der Waals surface area contributed by atoms with Gasteiger partial charge >= 0.3 is 0 Å². The summed E-state index contributed by atoms with van der Waals surface area (Å²) >= 11 is 3.02. The van der Waals surface area contributed by atoms with Crippen molar-refractivity contribution in [2.24, 2.45) is 0 Å². The molecule has 0 atom stereocenters. The third kappa shape index (κ3) is 18.6. The molecular weight excluding hydrogens is 887 g/mol. The van der Waals surface area contributed by atoms with Gasteiger partial charge in [0.1, 0.15) is 34.9 Å². The molecule has 11 heteroatoms. The molecule has 8 aromatic rings. The van der Waals surface area contributed by atoms with Crippen LogP contribution in [0.1, 0.15) is 33.4 Å². The molecule has 0 aliphatic heterocycles. The number of benzene rings is 8. The zero-order valence-corrected chi connectivity index (χ0v) is 34.8. The fourth-order valence-corrected chi connectivity index (χ4v) is 5.31. The molecule has 5 N–H and O–H groups in total. The summed E-state index contributed by atoms with van der Waals surface area (Å²) in [7, 11) is 0. The number of nitrogens with one attached hydrogen (secondary N) is 3. The van der Waals surface area contributed by atoms with Crippen LogP contribution in [0.3, 0.4) is 0 Å². The third-order valence-electron chi connectivity index (χ3n) is 8.32. The maximum Gasteiger partial charge on any atom is 0.146 e. The zero-order valence-electron chi connectivity index (χ0n) is 33.2. The Morgan fingerprint density at radius 3 is 0.781 bits per heavy atom. The third-order valence-corrected chi connectivity index (χ3v) is 8.97. The first-order chi connectivity index (χ1) is 29.4. The van der Waals surface area contributed by atoms with Gasteiger partial charge in [0.25, 0.3) is 0 Å². The van der Waals surface area contributed by atoms with Gasteiger partial charge in [0.2, 0.25) is 0 Å². The van der Waals surface area contributed by atoms with Gasteiger partial charge in [0.15, 0.2) is 0 Å². The smallest absolute Gasteiger partial charge is 0.146 e. The summed E-state index contributed by atoms with van der Waals surface area (Å²) in [6.45, 7) is 4.22. The second-order valence-electron chi connectivity index (χ2n) is 12.9. The number of rotatable bonds is 6. The Labute approximate surface area is 383 Å². The first-order valence-electron chi connectivity index (χ1n) is 18.7. The average molecular weight is 942 g/mol. The second kappa shape index (κ2) is 29.3. The van der Waals surface area contributed by atoms with Gasteiger partial charge in [-0.1, -0.05) is 131 Å². The van der Waals surface area contributed by atoms with Crippen molar-refractivity contribution in [3.8, 4) is 0 Å². The standard InChI is InChI=1S/C14H15N.2C12H9F2N.C6H4BrF.C6H6FN.3CH4/c1-11-7-3-5-9-13(11)15-14-10-6-4-8-12(14)2;2*13-9-5-1-3-7-11(9)15-12-8-4-2-6-10(12)14;2*7-5-3-1-2-4-6(5)8;;;/h3-10,15H,1-2H3;2*1-8,15H;1-4H;1-4H,8H2;3*1H4. The highest BCUT2D eigenvalue weighted by atomic mass is 79.9. The Hall–Kier alpha value is -6.98.